The van der Waals surface area contributed by atoms with E-state index in [1.807, 2.05) is 0 Å². The summed E-state index contributed by atoms with van der Waals surface area (Å²) in [5, 5.41) is 13.9. The van der Waals surface area contributed by atoms with Crippen LogP contribution in [0.2, 0.25) is 0 Å². The van der Waals surface area contributed by atoms with Crippen LogP contribution in [0.1, 0.15) is 6.42 Å². The van der Waals surface area contributed by atoms with Gasteiger partial charge in [0.05, 0.1) is 0 Å². The van der Waals surface area contributed by atoms with Crippen LogP contribution in [0.3, 0.4) is 0 Å². The zero-order valence-electron chi connectivity index (χ0n) is 6.56. The maximum atomic E-state index is 10.7. The Labute approximate surface area is 75.2 Å². The van der Waals surface area contributed by atoms with Crippen LogP contribution in [0.15, 0.2) is 11.5 Å². The van der Waals surface area contributed by atoms with E-state index in [9.17, 15) is 4.79 Å². The number of carboxylic acids is 1. The highest BCUT2D eigenvalue weighted by molar-refractivity contribution is 8.02. The van der Waals surface area contributed by atoms with E-state index in [0.717, 1.165) is 12.2 Å². The molecular weight excluding hydrogens is 174 g/mol. The molecular formula is C8H11NO2S. The minimum atomic E-state index is -0.720. The average Bonchev–Trinajstić information content (AvgIpc) is 2.46. The maximum Gasteiger partial charge on any atom is 0.320 e. The van der Waals surface area contributed by atoms with E-state index >= 15 is 0 Å². The standard InChI is InChI=1S/C8H11NO2S/c10-8(11)7-3-5-4-12-2-1-6(5)9-7/h1-2,5-7,9H,3-4H2,(H,10,11). The van der Waals surface area contributed by atoms with Crippen LogP contribution in [0, 0.1) is 5.92 Å². The predicted molar refractivity (Wildman–Crippen MR) is 48.1 cm³/mol. The Kier molecular flexibility index (Phi) is 2.11. The lowest BCUT2D eigenvalue weighted by Gasteiger charge is -2.18. The van der Waals surface area contributed by atoms with Crippen molar-refractivity contribution >= 4 is 17.7 Å². The molecule has 3 unspecified atom stereocenters. The summed E-state index contributed by atoms with van der Waals surface area (Å²) in [5.41, 5.74) is 0. The van der Waals surface area contributed by atoms with Gasteiger partial charge in [-0.2, -0.15) is 0 Å². The molecule has 2 aliphatic heterocycles. The maximum absolute atomic E-state index is 10.7. The first kappa shape index (κ1) is 8.13. The van der Waals surface area contributed by atoms with Crippen LogP contribution in [-0.4, -0.2) is 28.9 Å². The summed E-state index contributed by atoms with van der Waals surface area (Å²) in [6.07, 6.45) is 2.85. The van der Waals surface area contributed by atoms with Crippen molar-refractivity contribution < 1.29 is 9.90 Å². The van der Waals surface area contributed by atoms with Crippen molar-refractivity contribution in [2.24, 2.45) is 5.92 Å². The lowest BCUT2D eigenvalue weighted by molar-refractivity contribution is -0.139. The molecule has 0 aliphatic carbocycles. The first-order valence-electron chi connectivity index (χ1n) is 4.04. The van der Waals surface area contributed by atoms with E-state index in [4.69, 9.17) is 5.11 Å². The number of thioether (sulfide) groups is 1. The third kappa shape index (κ3) is 1.36. The fourth-order valence-electron chi connectivity index (χ4n) is 1.76. The van der Waals surface area contributed by atoms with Crippen molar-refractivity contribution in [3.63, 3.8) is 0 Å². The van der Waals surface area contributed by atoms with Crippen LogP contribution >= 0.6 is 11.8 Å². The Morgan fingerprint density at radius 1 is 1.67 bits per heavy atom. The zero-order chi connectivity index (χ0) is 8.55. The lowest BCUT2D eigenvalue weighted by atomic mass is 10.0. The van der Waals surface area contributed by atoms with E-state index in [2.05, 4.69) is 16.8 Å². The van der Waals surface area contributed by atoms with Gasteiger partial charge in [-0.05, 0) is 17.7 Å². The van der Waals surface area contributed by atoms with Crippen molar-refractivity contribution in [3.8, 4) is 0 Å². The number of fused-ring (bicyclic) bond motifs is 1. The Morgan fingerprint density at radius 2 is 2.50 bits per heavy atom. The molecule has 3 atom stereocenters. The number of aliphatic carboxylic acids is 1. The van der Waals surface area contributed by atoms with Crippen molar-refractivity contribution in [1.29, 1.82) is 0 Å². The van der Waals surface area contributed by atoms with Gasteiger partial charge >= 0.3 is 5.97 Å². The van der Waals surface area contributed by atoms with Crippen LogP contribution < -0.4 is 5.32 Å². The van der Waals surface area contributed by atoms with Gasteiger partial charge in [0.1, 0.15) is 6.04 Å². The molecule has 0 bridgehead atoms. The first-order valence-corrected chi connectivity index (χ1v) is 5.09. The smallest absolute Gasteiger partial charge is 0.320 e. The summed E-state index contributed by atoms with van der Waals surface area (Å²) in [6.45, 7) is 0. The van der Waals surface area contributed by atoms with Gasteiger partial charge in [-0.3, -0.25) is 10.1 Å². The number of hydrogen-bond donors (Lipinski definition) is 2. The van der Waals surface area contributed by atoms with Gasteiger partial charge in [0.2, 0.25) is 0 Å². The molecule has 2 heterocycles. The van der Waals surface area contributed by atoms with Crippen molar-refractivity contribution in [1.82, 2.24) is 5.32 Å². The van der Waals surface area contributed by atoms with Crippen LogP contribution in [0.25, 0.3) is 0 Å². The molecule has 0 radical (unpaired) electrons. The van der Waals surface area contributed by atoms with Crippen molar-refractivity contribution in [2.45, 2.75) is 18.5 Å². The topological polar surface area (TPSA) is 49.3 Å². The van der Waals surface area contributed by atoms with Crippen molar-refractivity contribution in [3.05, 3.63) is 11.5 Å². The SMILES string of the molecule is O=C(O)C1CC2CSC=CC2N1. The molecule has 0 aromatic heterocycles. The highest BCUT2D eigenvalue weighted by Crippen LogP contribution is 2.29. The summed E-state index contributed by atoms with van der Waals surface area (Å²) in [4.78, 5) is 10.7. The molecule has 0 aromatic carbocycles. The Hall–Kier alpha value is -0.480. The van der Waals surface area contributed by atoms with Gasteiger partial charge in [-0.1, -0.05) is 6.08 Å². The second-order valence-electron chi connectivity index (χ2n) is 3.24. The predicted octanol–water partition coefficient (Wildman–Crippen LogP) is 0.678. The molecule has 0 aromatic rings. The van der Waals surface area contributed by atoms with E-state index in [-0.39, 0.29) is 6.04 Å². The fraction of sp³-hybridized carbons (Fsp3) is 0.625. The molecule has 66 valence electrons. The van der Waals surface area contributed by atoms with Gasteiger partial charge < -0.3 is 5.11 Å². The number of carbonyl (C=O) groups is 1. The van der Waals surface area contributed by atoms with E-state index in [1.165, 1.54) is 0 Å². The average molecular weight is 185 g/mol. The van der Waals surface area contributed by atoms with Gasteiger partial charge in [-0.15, -0.1) is 11.8 Å². The lowest BCUT2D eigenvalue weighted by Crippen LogP contribution is -2.35. The van der Waals surface area contributed by atoms with Gasteiger partial charge in [0.15, 0.2) is 0 Å². The third-order valence-electron chi connectivity index (χ3n) is 2.43. The molecule has 2 N–H and O–H groups in total. The second kappa shape index (κ2) is 3.11. The van der Waals surface area contributed by atoms with Gasteiger partial charge in [0.25, 0.3) is 0 Å². The summed E-state index contributed by atoms with van der Waals surface area (Å²) < 4.78 is 0. The Morgan fingerprint density at radius 3 is 3.17 bits per heavy atom. The molecule has 4 heteroatoms. The highest BCUT2D eigenvalue weighted by Gasteiger charge is 2.36. The van der Waals surface area contributed by atoms with Crippen LogP contribution in [0.5, 0.6) is 0 Å². The normalized spacial score (nSPS) is 39.5. The summed E-state index contributed by atoms with van der Waals surface area (Å²) in [7, 11) is 0. The number of rotatable bonds is 1. The summed E-state index contributed by atoms with van der Waals surface area (Å²) >= 11 is 1.77. The molecule has 2 rings (SSSR count). The largest absolute Gasteiger partial charge is 0.480 e. The number of carboxylic acid groups (broad SMARTS) is 1. The number of nitrogens with one attached hydrogen (secondary N) is 1. The monoisotopic (exact) mass is 185 g/mol. The van der Waals surface area contributed by atoms with E-state index < -0.39 is 5.97 Å². The van der Waals surface area contributed by atoms with Crippen molar-refractivity contribution in [2.75, 3.05) is 5.75 Å². The van der Waals surface area contributed by atoms with E-state index in [1.54, 1.807) is 11.8 Å². The van der Waals surface area contributed by atoms with E-state index in [0.29, 0.717) is 12.0 Å². The summed E-state index contributed by atoms with van der Waals surface area (Å²) in [5.74, 6) is 0.849. The Bertz CT molecular complexity index is 229. The number of hydrogen-bond acceptors (Lipinski definition) is 3. The Balaban J connectivity index is 2.05. The third-order valence-corrected chi connectivity index (χ3v) is 3.40. The molecule has 0 saturated carbocycles. The minimum absolute atomic E-state index is 0.298. The molecule has 0 spiro atoms. The molecule has 12 heavy (non-hydrogen) atoms. The van der Waals surface area contributed by atoms with Crippen LogP contribution in [0.4, 0.5) is 0 Å². The highest BCUT2D eigenvalue weighted by atomic mass is 32.2. The second-order valence-corrected chi connectivity index (χ2v) is 4.18. The molecule has 3 nitrogen and oxygen atoms in total. The quantitative estimate of drug-likeness (QED) is 0.630. The molecule has 1 saturated heterocycles. The summed E-state index contributed by atoms with van der Waals surface area (Å²) in [6, 6.07) is -0.0318. The van der Waals surface area contributed by atoms with Gasteiger partial charge in [-0.25, -0.2) is 0 Å². The van der Waals surface area contributed by atoms with Gasteiger partial charge in [0, 0.05) is 11.8 Å². The molecule has 0 amide bonds. The first-order chi connectivity index (χ1) is 5.77. The zero-order valence-corrected chi connectivity index (χ0v) is 7.38. The van der Waals surface area contributed by atoms with Crippen LogP contribution in [-0.2, 0) is 4.79 Å². The molecule has 2 aliphatic rings. The molecule has 1 fully saturated rings. The minimum Gasteiger partial charge on any atom is -0.480 e. The fourth-order valence-corrected chi connectivity index (χ4v) is 2.74.